The van der Waals surface area contributed by atoms with Crippen molar-refractivity contribution in [3.05, 3.63) is 24.3 Å². The maximum atomic E-state index is 5.69. The molecule has 3 rings (SSSR count). The lowest BCUT2D eigenvalue weighted by molar-refractivity contribution is 0.929. The molecule has 0 aliphatic carbocycles. The van der Waals surface area contributed by atoms with Crippen LogP contribution in [0.3, 0.4) is 0 Å². The van der Waals surface area contributed by atoms with Gasteiger partial charge in [-0.3, -0.25) is 0 Å². The first-order valence-corrected chi connectivity index (χ1v) is 4.42. The minimum Gasteiger partial charge on any atom is -0.368 e. The minimum atomic E-state index is 0.158. The SMILES string of the molecule is Nc1nc(N)n2nc3ccccc3c2n1. The third kappa shape index (κ3) is 1.01. The van der Waals surface area contributed by atoms with Gasteiger partial charge in [-0.25, -0.2) is 0 Å². The van der Waals surface area contributed by atoms with Gasteiger partial charge in [0.2, 0.25) is 11.9 Å². The van der Waals surface area contributed by atoms with Crippen LogP contribution in [0.25, 0.3) is 16.6 Å². The Kier molecular flexibility index (Phi) is 1.37. The van der Waals surface area contributed by atoms with Crippen LogP contribution in [0.1, 0.15) is 0 Å². The molecule has 4 N–H and O–H groups in total. The van der Waals surface area contributed by atoms with Crippen molar-refractivity contribution in [2.45, 2.75) is 0 Å². The zero-order valence-corrected chi connectivity index (χ0v) is 7.75. The first-order valence-electron chi connectivity index (χ1n) is 4.42. The fourth-order valence-electron chi connectivity index (χ4n) is 1.58. The number of nitrogens with two attached hydrogens (primary N) is 2. The van der Waals surface area contributed by atoms with E-state index in [1.54, 1.807) is 0 Å². The van der Waals surface area contributed by atoms with Crippen LogP contribution in [0.2, 0.25) is 0 Å². The third-order valence-electron chi connectivity index (χ3n) is 2.22. The van der Waals surface area contributed by atoms with Crippen LogP contribution in [-0.2, 0) is 0 Å². The molecule has 0 saturated heterocycles. The van der Waals surface area contributed by atoms with Gasteiger partial charge in [-0.2, -0.15) is 19.6 Å². The molecule has 0 amide bonds. The molecule has 0 aliphatic rings. The Morgan fingerprint density at radius 3 is 2.73 bits per heavy atom. The summed E-state index contributed by atoms with van der Waals surface area (Å²) in [6.45, 7) is 0. The second-order valence-electron chi connectivity index (χ2n) is 3.19. The van der Waals surface area contributed by atoms with E-state index in [9.17, 15) is 0 Å². The first-order chi connectivity index (χ1) is 7.25. The van der Waals surface area contributed by atoms with Gasteiger partial charge in [-0.05, 0) is 12.1 Å². The van der Waals surface area contributed by atoms with E-state index >= 15 is 0 Å². The highest BCUT2D eigenvalue weighted by Gasteiger charge is 2.09. The van der Waals surface area contributed by atoms with Crippen LogP contribution in [-0.4, -0.2) is 19.6 Å². The minimum absolute atomic E-state index is 0.158. The summed E-state index contributed by atoms with van der Waals surface area (Å²) < 4.78 is 1.49. The normalized spacial score (nSPS) is 11.2. The van der Waals surface area contributed by atoms with Gasteiger partial charge in [-0.1, -0.05) is 12.1 Å². The van der Waals surface area contributed by atoms with Gasteiger partial charge in [0.05, 0.1) is 5.52 Å². The monoisotopic (exact) mass is 200 g/mol. The maximum Gasteiger partial charge on any atom is 0.226 e. The summed E-state index contributed by atoms with van der Waals surface area (Å²) in [5.74, 6) is 0.402. The van der Waals surface area contributed by atoms with Crippen LogP contribution in [0.4, 0.5) is 11.9 Å². The molecule has 0 saturated carbocycles. The Balaban J connectivity index is 2.61. The zero-order valence-electron chi connectivity index (χ0n) is 7.75. The van der Waals surface area contributed by atoms with E-state index in [-0.39, 0.29) is 11.9 Å². The first kappa shape index (κ1) is 7.98. The summed E-state index contributed by atoms with van der Waals surface area (Å²) in [4.78, 5) is 7.95. The molecule has 0 atom stereocenters. The molecule has 2 heterocycles. The molecule has 3 aromatic rings. The van der Waals surface area contributed by atoms with Crippen molar-refractivity contribution in [1.29, 1.82) is 0 Å². The van der Waals surface area contributed by atoms with Crippen LogP contribution in [0, 0.1) is 0 Å². The molecule has 0 unspecified atom stereocenters. The highest BCUT2D eigenvalue weighted by atomic mass is 15.3. The average molecular weight is 200 g/mol. The molecule has 6 nitrogen and oxygen atoms in total. The van der Waals surface area contributed by atoms with Crippen molar-refractivity contribution in [2.24, 2.45) is 0 Å². The second kappa shape index (κ2) is 2.57. The summed E-state index contributed by atoms with van der Waals surface area (Å²) in [6, 6.07) is 7.63. The van der Waals surface area contributed by atoms with Gasteiger partial charge in [0.25, 0.3) is 0 Å². The van der Waals surface area contributed by atoms with E-state index in [2.05, 4.69) is 15.1 Å². The number of nitrogens with zero attached hydrogens (tertiary/aromatic N) is 4. The van der Waals surface area contributed by atoms with Crippen molar-refractivity contribution in [3.63, 3.8) is 0 Å². The Bertz CT molecular complexity index is 656. The molecular formula is C9H8N6. The highest BCUT2D eigenvalue weighted by molar-refractivity contribution is 5.92. The Hall–Kier alpha value is -2.37. The lowest BCUT2D eigenvalue weighted by Crippen LogP contribution is -2.06. The van der Waals surface area contributed by atoms with Crippen molar-refractivity contribution < 1.29 is 0 Å². The van der Waals surface area contributed by atoms with E-state index in [0.29, 0.717) is 5.65 Å². The third-order valence-corrected chi connectivity index (χ3v) is 2.22. The zero-order chi connectivity index (χ0) is 10.4. The Labute approximate surface area is 84.5 Å². The maximum absolute atomic E-state index is 5.69. The molecule has 15 heavy (non-hydrogen) atoms. The molecule has 0 fully saturated rings. The fraction of sp³-hybridized carbons (Fsp3) is 0. The summed E-state index contributed by atoms with van der Waals surface area (Å²) in [6.07, 6.45) is 0. The van der Waals surface area contributed by atoms with Gasteiger partial charge in [-0.15, -0.1) is 0 Å². The number of nitrogen functional groups attached to an aromatic ring is 2. The standard InChI is InChI=1S/C9H8N6/c10-8-12-7-5-3-1-2-4-6(5)14-15(7)9(11)13-8/h1-4H,(H4,10,11,12,13). The summed E-state index contributed by atoms with van der Waals surface area (Å²) in [5.41, 5.74) is 12.7. The van der Waals surface area contributed by atoms with E-state index in [4.69, 9.17) is 11.5 Å². The summed E-state index contributed by atoms with van der Waals surface area (Å²) in [7, 11) is 0. The van der Waals surface area contributed by atoms with Gasteiger partial charge in [0, 0.05) is 5.39 Å². The molecule has 74 valence electrons. The van der Waals surface area contributed by atoms with Crippen LogP contribution < -0.4 is 11.5 Å². The number of fused-ring (bicyclic) bond motifs is 3. The molecule has 0 spiro atoms. The number of anilines is 2. The number of hydrogen-bond donors (Lipinski definition) is 2. The lowest BCUT2D eigenvalue weighted by Gasteiger charge is -1.97. The fourth-order valence-corrected chi connectivity index (χ4v) is 1.58. The second-order valence-corrected chi connectivity index (χ2v) is 3.19. The predicted octanol–water partition coefficient (Wildman–Crippen LogP) is 0.442. The molecule has 2 aromatic heterocycles. The number of hydrogen-bond acceptors (Lipinski definition) is 5. The average Bonchev–Trinajstić information content (AvgIpc) is 2.57. The van der Waals surface area contributed by atoms with Gasteiger partial charge >= 0.3 is 0 Å². The van der Waals surface area contributed by atoms with Crippen molar-refractivity contribution in [1.82, 2.24) is 19.6 Å². The molecule has 0 aliphatic heterocycles. The van der Waals surface area contributed by atoms with Gasteiger partial charge < -0.3 is 11.5 Å². The lowest BCUT2D eigenvalue weighted by atomic mass is 10.2. The van der Waals surface area contributed by atoms with Crippen LogP contribution in [0.5, 0.6) is 0 Å². The molecular weight excluding hydrogens is 192 g/mol. The van der Waals surface area contributed by atoms with Crippen molar-refractivity contribution >= 4 is 28.4 Å². The van der Waals surface area contributed by atoms with E-state index in [1.165, 1.54) is 4.52 Å². The molecule has 0 bridgehead atoms. The van der Waals surface area contributed by atoms with Crippen LogP contribution >= 0.6 is 0 Å². The summed E-state index contributed by atoms with van der Waals surface area (Å²) in [5, 5.41) is 5.18. The molecule has 6 heteroatoms. The van der Waals surface area contributed by atoms with E-state index < -0.39 is 0 Å². The van der Waals surface area contributed by atoms with Crippen LogP contribution in [0.15, 0.2) is 24.3 Å². The Morgan fingerprint density at radius 1 is 1.07 bits per heavy atom. The number of benzene rings is 1. The topological polar surface area (TPSA) is 95.1 Å². The van der Waals surface area contributed by atoms with Gasteiger partial charge in [0.1, 0.15) is 0 Å². The van der Waals surface area contributed by atoms with Crippen molar-refractivity contribution in [3.8, 4) is 0 Å². The molecule has 0 radical (unpaired) electrons. The molecule has 1 aromatic carbocycles. The van der Waals surface area contributed by atoms with E-state index in [1.807, 2.05) is 24.3 Å². The summed E-state index contributed by atoms with van der Waals surface area (Å²) >= 11 is 0. The Morgan fingerprint density at radius 2 is 1.87 bits per heavy atom. The number of aromatic nitrogens is 4. The highest BCUT2D eigenvalue weighted by Crippen LogP contribution is 2.19. The predicted molar refractivity (Wildman–Crippen MR) is 57.1 cm³/mol. The smallest absolute Gasteiger partial charge is 0.226 e. The largest absolute Gasteiger partial charge is 0.368 e. The van der Waals surface area contributed by atoms with E-state index in [0.717, 1.165) is 10.9 Å². The van der Waals surface area contributed by atoms with Gasteiger partial charge in [0.15, 0.2) is 5.65 Å². The number of rotatable bonds is 0. The van der Waals surface area contributed by atoms with Crippen molar-refractivity contribution in [2.75, 3.05) is 11.5 Å². The quantitative estimate of drug-likeness (QED) is 0.549.